The van der Waals surface area contributed by atoms with E-state index in [1.807, 2.05) is 6.92 Å². The second kappa shape index (κ2) is 5.67. The molecule has 84 valence electrons. The van der Waals surface area contributed by atoms with Crippen molar-refractivity contribution in [3.63, 3.8) is 0 Å². The second-order valence-corrected chi connectivity index (χ2v) is 3.28. The fraction of sp³-hybridized carbons (Fsp3) is 0.625. The molecular formula is C8H12ClN3O3. The van der Waals surface area contributed by atoms with Crippen LogP contribution in [0, 0.1) is 10.1 Å². The zero-order valence-corrected chi connectivity index (χ0v) is 9.11. The van der Waals surface area contributed by atoms with Gasteiger partial charge < -0.3 is 14.9 Å². The lowest BCUT2D eigenvalue weighted by Gasteiger charge is -1.98. The number of aromatic nitrogens is 2. The first-order valence-electron chi connectivity index (χ1n) is 4.60. The van der Waals surface area contributed by atoms with E-state index in [0.717, 1.165) is 6.42 Å². The Labute approximate surface area is 91.9 Å². The predicted octanol–water partition coefficient (Wildman–Crippen LogP) is 1.87. The first-order valence-corrected chi connectivity index (χ1v) is 4.98. The third-order valence-corrected chi connectivity index (χ3v) is 2.02. The fourth-order valence-electron chi connectivity index (χ4n) is 1.10. The first-order chi connectivity index (χ1) is 7.15. The zero-order valence-electron chi connectivity index (χ0n) is 8.35. The molecule has 0 aromatic carbocycles. The average Bonchev–Trinajstić information content (AvgIpc) is 2.55. The van der Waals surface area contributed by atoms with E-state index in [0.29, 0.717) is 19.8 Å². The van der Waals surface area contributed by atoms with E-state index in [1.54, 1.807) is 0 Å². The number of aryl methyl sites for hydroxylation is 1. The van der Waals surface area contributed by atoms with Crippen molar-refractivity contribution in [2.75, 3.05) is 13.2 Å². The monoisotopic (exact) mass is 233 g/mol. The van der Waals surface area contributed by atoms with Crippen LogP contribution < -0.4 is 0 Å². The smallest absolute Gasteiger partial charge is 0.382 e. The number of ether oxygens (including phenoxy) is 1. The van der Waals surface area contributed by atoms with Gasteiger partial charge in [0.2, 0.25) is 0 Å². The predicted molar refractivity (Wildman–Crippen MR) is 55.0 cm³/mol. The standard InChI is InChI=1S/C8H12ClN3O3/c1-2-15-5-3-4-11-6-7(9)8(10-11)12(13)14/h6H,2-5H2,1H3. The lowest BCUT2D eigenvalue weighted by molar-refractivity contribution is -0.389. The number of nitro groups is 1. The summed E-state index contributed by atoms with van der Waals surface area (Å²) in [5, 5.41) is 14.2. The number of hydrogen-bond acceptors (Lipinski definition) is 4. The third-order valence-electron chi connectivity index (χ3n) is 1.75. The molecule has 0 saturated heterocycles. The largest absolute Gasteiger partial charge is 0.408 e. The fourth-order valence-corrected chi connectivity index (χ4v) is 1.32. The number of rotatable bonds is 6. The van der Waals surface area contributed by atoms with Crippen molar-refractivity contribution in [3.8, 4) is 0 Å². The lowest BCUT2D eigenvalue weighted by atomic mass is 10.4. The zero-order chi connectivity index (χ0) is 11.3. The Morgan fingerprint density at radius 2 is 2.47 bits per heavy atom. The highest BCUT2D eigenvalue weighted by atomic mass is 35.5. The van der Waals surface area contributed by atoms with E-state index < -0.39 is 4.92 Å². The first kappa shape index (κ1) is 11.9. The molecule has 1 aromatic rings. The van der Waals surface area contributed by atoms with Crippen LogP contribution in [0.2, 0.25) is 5.02 Å². The normalized spacial score (nSPS) is 10.5. The Morgan fingerprint density at radius 3 is 3.00 bits per heavy atom. The van der Waals surface area contributed by atoms with Crippen LogP contribution in [0.5, 0.6) is 0 Å². The molecule has 1 rings (SSSR count). The van der Waals surface area contributed by atoms with Gasteiger partial charge in [-0.3, -0.25) is 0 Å². The minimum absolute atomic E-state index is 0.0661. The van der Waals surface area contributed by atoms with Gasteiger partial charge >= 0.3 is 5.82 Å². The van der Waals surface area contributed by atoms with Crippen LogP contribution in [-0.4, -0.2) is 27.9 Å². The van der Waals surface area contributed by atoms with E-state index in [2.05, 4.69) is 5.10 Å². The van der Waals surface area contributed by atoms with Crippen molar-refractivity contribution in [1.29, 1.82) is 0 Å². The minimum Gasteiger partial charge on any atom is -0.382 e. The minimum atomic E-state index is -0.596. The molecule has 0 spiro atoms. The van der Waals surface area contributed by atoms with Crippen LogP contribution >= 0.6 is 11.6 Å². The molecule has 7 heteroatoms. The highest BCUT2D eigenvalue weighted by Crippen LogP contribution is 2.21. The Bertz CT molecular complexity index is 340. The highest BCUT2D eigenvalue weighted by Gasteiger charge is 2.18. The average molecular weight is 234 g/mol. The van der Waals surface area contributed by atoms with Crippen LogP contribution in [0.3, 0.4) is 0 Å². The number of nitrogens with zero attached hydrogens (tertiary/aromatic N) is 3. The highest BCUT2D eigenvalue weighted by molar-refractivity contribution is 6.32. The summed E-state index contributed by atoms with van der Waals surface area (Å²) < 4.78 is 6.59. The van der Waals surface area contributed by atoms with E-state index in [4.69, 9.17) is 16.3 Å². The van der Waals surface area contributed by atoms with Crippen LogP contribution in [0.15, 0.2) is 6.20 Å². The molecular weight excluding hydrogens is 222 g/mol. The van der Waals surface area contributed by atoms with E-state index >= 15 is 0 Å². The summed E-state index contributed by atoms with van der Waals surface area (Å²) in [5.74, 6) is -0.298. The molecule has 0 unspecified atom stereocenters. The molecule has 0 aliphatic rings. The number of halogens is 1. The van der Waals surface area contributed by atoms with Gasteiger partial charge in [-0.1, -0.05) is 11.6 Å². The quantitative estimate of drug-likeness (QED) is 0.427. The van der Waals surface area contributed by atoms with Crippen LogP contribution in [-0.2, 0) is 11.3 Å². The molecule has 0 aliphatic carbocycles. The maximum atomic E-state index is 10.4. The third kappa shape index (κ3) is 3.49. The molecule has 1 heterocycles. The molecule has 0 fully saturated rings. The molecule has 1 aromatic heterocycles. The lowest BCUT2D eigenvalue weighted by Crippen LogP contribution is -2.03. The molecule has 0 atom stereocenters. The molecule has 15 heavy (non-hydrogen) atoms. The topological polar surface area (TPSA) is 70.2 Å². The summed E-state index contributed by atoms with van der Waals surface area (Å²) in [4.78, 5) is 9.84. The summed E-state index contributed by atoms with van der Waals surface area (Å²) in [6.07, 6.45) is 2.20. The Hall–Kier alpha value is -1.14. The SMILES string of the molecule is CCOCCCn1cc(Cl)c([N+](=O)[O-])n1. The van der Waals surface area contributed by atoms with Gasteiger partial charge in [0.1, 0.15) is 0 Å². The Morgan fingerprint density at radius 1 is 1.73 bits per heavy atom. The van der Waals surface area contributed by atoms with Gasteiger partial charge in [0.15, 0.2) is 5.02 Å². The van der Waals surface area contributed by atoms with E-state index in [9.17, 15) is 10.1 Å². The van der Waals surface area contributed by atoms with Crippen molar-refractivity contribution in [2.24, 2.45) is 0 Å². The van der Waals surface area contributed by atoms with Crippen molar-refractivity contribution in [2.45, 2.75) is 19.9 Å². The van der Waals surface area contributed by atoms with Gasteiger partial charge in [0.25, 0.3) is 0 Å². The van der Waals surface area contributed by atoms with Crippen molar-refractivity contribution in [3.05, 3.63) is 21.3 Å². The molecule has 0 aliphatic heterocycles. The van der Waals surface area contributed by atoms with Gasteiger partial charge in [-0.2, -0.15) is 4.68 Å². The molecule has 6 nitrogen and oxygen atoms in total. The maximum absolute atomic E-state index is 10.4. The van der Waals surface area contributed by atoms with E-state index in [1.165, 1.54) is 10.9 Å². The summed E-state index contributed by atoms with van der Waals surface area (Å²) in [6.45, 7) is 3.75. The van der Waals surface area contributed by atoms with Crippen LogP contribution in [0.25, 0.3) is 0 Å². The Balaban J connectivity index is 2.48. The van der Waals surface area contributed by atoms with Crippen molar-refractivity contribution >= 4 is 17.4 Å². The van der Waals surface area contributed by atoms with Crippen molar-refractivity contribution in [1.82, 2.24) is 9.78 Å². The van der Waals surface area contributed by atoms with E-state index in [-0.39, 0.29) is 10.8 Å². The van der Waals surface area contributed by atoms with Crippen molar-refractivity contribution < 1.29 is 9.66 Å². The summed E-state index contributed by atoms with van der Waals surface area (Å²) in [7, 11) is 0. The number of hydrogen-bond donors (Lipinski definition) is 0. The Kier molecular flexibility index (Phi) is 4.51. The van der Waals surface area contributed by atoms with Crippen LogP contribution in [0.1, 0.15) is 13.3 Å². The van der Waals surface area contributed by atoms with Gasteiger partial charge in [-0.15, -0.1) is 0 Å². The van der Waals surface area contributed by atoms with Gasteiger partial charge in [0.05, 0.1) is 17.8 Å². The molecule has 0 radical (unpaired) electrons. The molecule has 0 N–H and O–H groups in total. The summed E-state index contributed by atoms with van der Waals surface area (Å²) >= 11 is 5.62. The van der Waals surface area contributed by atoms with Gasteiger partial charge in [0, 0.05) is 13.2 Å². The molecule has 0 saturated carbocycles. The maximum Gasteiger partial charge on any atom is 0.408 e. The summed E-state index contributed by atoms with van der Waals surface area (Å²) in [5.41, 5.74) is 0. The van der Waals surface area contributed by atoms with Gasteiger partial charge in [-0.25, -0.2) is 0 Å². The molecule has 0 amide bonds. The second-order valence-electron chi connectivity index (χ2n) is 2.87. The molecule has 0 bridgehead atoms. The van der Waals surface area contributed by atoms with Crippen LogP contribution in [0.4, 0.5) is 5.82 Å². The summed E-state index contributed by atoms with van der Waals surface area (Å²) in [6, 6.07) is 0. The van der Waals surface area contributed by atoms with Gasteiger partial charge in [-0.05, 0) is 18.3 Å².